The molecule has 5 heteroatoms. The maximum atomic E-state index is 10.2. The van der Waals surface area contributed by atoms with Crippen LogP contribution in [0.1, 0.15) is 32.8 Å². The Bertz CT molecular complexity index is 489. The number of hydrogen-bond donors (Lipinski definition) is 1. The molecule has 1 N–H and O–H groups in total. The molecular weight excluding hydrogens is 284 g/mol. The number of fused-ring (bicyclic) bond motifs is 1. The molecule has 1 aromatic carbocycles. The van der Waals surface area contributed by atoms with Crippen LogP contribution in [-0.2, 0) is 25.6 Å². The molecule has 1 aromatic rings. The number of benzene rings is 1. The molecule has 0 aliphatic carbocycles. The molecule has 2 saturated heterocycles. The smallest absolute Gasteiger partial charge is 0.190 e. The molecule has 0 saturated carbocycles. The van der Waals surface area contributed by atoms with E-state index in [1.165, 1.54) is 0 Å². The maximum Gasteiger partial charge on any atom is 0.190 e. The Morgan fingerprint density at radius 2 is 1.95 bits per heavy atom. The zero-order chi connectivity index (χ0) is 15.7. The summed E-state index contributed by atoms with van der Waals surface area (Å²) in [5.41, 5.74) is 1.08. The summed E-state index contributed by atoms with van der Waals surface area (Å²) in [5, 5.41) is 10.2. The summed E-state index contributed by atoms with van der Waals surface area (Å²) < 4.78 is 23.6. The van der Waals surface area contributed by atoms with Crippen LogP contribution >= 0.6 is 0 Å². The Kier molecular flexibility index (Phi) is 4.52. The lowest BCUT2D eigenvalue weighted by molar-refractivity contribution is -0.230. The van der Waals surface area contributed by atoms with Gasteiger partial charge in [-0.25, -0.2) is 0 Å². The van der Waals surface area contributed by atoms with Crippen LogP contribution in [0, 0.1) is 0 Å². The molecule has 2 fully saturated rings. The van der Waals surface area contributed by atoms with Crippen LogP contribution in [0.15, 0.2) is 30.3 Å². The van der Waals surface area contributed by atoms with Gasteiger partial charge in [-0.3, -0.25) is 0 Å². The molecule has 2 aliphatic heterocycles. The monoisotopic (exact) mass is 308 g/mol. The second-order valence-electron chi connectivity index (χ2n) is 6.31. The predicted molar refractivity (Wildman–Crippen MR) is 80.0 cm³/mol. The van der Waals surface area contributed by atoms with E-state index in [9.17, 15) is 5.11 Å². The van der Waals surface area contributed by atoms with Gasteiger partial charge < -0.3 is 24.1 Å². The van der Waals surface area contributed by atoms with Gasteiger partial charge >= 0.3 is 0 Å². The molecule has 0 spiro atoms. The highest BCUT2D eigenvalue weighted by Gasteiger charge is 2.56. The van der Waals surface area contributed by atoms with Gasteiger partial charge in [-0.05, 0) is 25.8 Å². The maximum absolute atomic E-state index is 10.2. The first-order chi connectivity index (χ1) is 10.5. The van der Waals surface area contributed by atoms with Crippen molar-refractivity contribution in [1.29, 1.82) is 0 Å². The molecule has 2 aliphatic rings. The minimum Gasteiger partial charge on any atom is -0.390 e. The number of aliphatic hydroxyl groups excluding tert-OH is 1. The highest BCUT2D eigenvalue weighted by atomic mass is 16.8. The quantitative estimate of drug-likeness (QED) is 0.904. The van der Waals surface area contributed by atoms with Gasteiger partial charge in [-0.2, -0.15) is 0 Å². The molecule has 5 atom stereocenters. The first kappa shape index (κ1) is 15.9. The van der Waals surface area contributed by atoms with Gasteiger partial charge in [0.25, 0.3) is 0 Å². The number of hydrogen-bond acceptors (Lipinski definition) is 5. The lowest BCUT2D eigenvalue weighted by atomic mass is 10.0. The number of aliphatic hydroxyl groups is 1. The van der Waals surface area contributed by atoms with Crippen LogP contribution in [0.4, 0.5) is 0 Å². The van der Waals surface area contributed by atoms with E-state index < -0.39 is 24.3 Å². The van der Waals surface area contributed by atoms with Crippen molar-refractivity contribution in [2.24, 2.45) is 0 Å². The molecule has 0 bridgehead atoms. The van der Waals surface area contributed by atoms with Gasteiger partial charge in [0.05, 0.1) is 12.7 Å². The lowest BCUT2D eigenvalue weighted by Crippen LogP contribution is -2.42. The minimum absolute atomic E-state index is 0.315. The Labute approximate surface area is 131 Å². The van der Waals surface area contributed by atoms with E-state index in [0.29, 0.717) is 13.0 Å². The van der Waals surface area contributed by atoms with Crippen LogP contribution in [0.2, 0.25) is 0 Å². The fourth-order valence-corrected chi connectivity index (χ4v) is 3.00. The summed E-state index contributed by atoms with van der Waals surface area (Å²) in [6.07, 6.45) is -1.58. The van der Waals surface area contributed by atoms with Gasteiger partial charge in [-0.15, -0.1) is 0 Å². The average molecular weight is 308 g/mol. The van der Waals surface area contributed by atoms with E-state index in [1.54, 1.807) is 0 Å². The minimum atomic E-state index is -0.689. The summed E-state index contributed by atoms with van der Waals surface area (Å²) in [7, 11) is 0. The van der Waals surface area contributed by atoms with Crippen molar-refractivity contribution in [2.45, 2.75) is 70.3 Å². The third-order valence-electron chi connectivity index (χ3n) is 4.11. The molecule has 5 nitrogen and oxygen atoms in total. The number of rotatable bonds is 5. The summed E-state index contributed by atoms with van der Waals surface area (Å²) in [6.45, 7) is 6.08. The van der Waals surface area contributed by atoms with Gasteiger partial charge in [0.15, 0.2) is 12.1 Å². The van der Waals surface area contributed by atoms with Crippen molar-refractivity contribution in [3.63, 3.8) is 0 Å². The van der Waals surface area contributed by atoms with Crippen molar-refractivity contribution >= 4 is 0 Å². The van der Waals surface area contributed by atoms with E-state index in [-0.39, 0.29) is 12.2 Å². The molecule has 2 heterocycles. The van der Waals surface area contributed by atoms with Gasteiger partial charge in [0.2, 0.25) is 0 Å². The molecular formula is C17H24O5. The second kappa shape index (κ2) is 6.26. The highest BCUT2D eigenvalue weighted by molar-refractivity contribution is 5.13. The summed E-state index contributed by atoms with van der Waals surface area (Å²) >= 11 is 0. The van der Waals surface area contributed by atoms with E-state index in [2.05, 4.69) is 0 Å². The first-order valence-corrected chi connectivity index (χ1v) is 7.85. The van der Waals surface area contributed by atoms with Gasteiger partial charge in [0, 0.05) is 0 Å². The third kappa shape index (κ3) is 3.19. The van der Waals surface area contributed by atoms with Crippen LogP contribution in [-0.4, -0.2) is 41.6 Å². The fraction of sp³-hybridized carbons (Fsp3) is 0.647. The van der Waals surface area contributed by atoms with Crippen LogP contribution in [0.5, 0.6) is 0 Å². The predicted octanol–water partition coefficient (Wildman–Crippen LogP) is 2.22. The van der Waals surface area contributed by atoms with E-state index >= 15 is 0 Å². The van der Waals surface area contributed by atoms with Gasteiger partial charge in [-0.1, -0.05) is 37.3 Å². The standard InChI is InChI=1S/C17H24O5/c1-4-12(18)13-14(19-10-11-8-6-5-7-9-11)15-16(20-13)22-17(2,3)21-15/h5-9,12-16,18H,4,10H2,1-3H3. The van der Waals surface area contributed by atoms with E-state index in [1.807, 2.05) is 51.1 Å². The van der Waals surface area contributed by atoms with Crippen molar-refractivity contribution in [1.82, 2.24) is 0 Å². The zero-order valence-electron chi connectivity index (χ0n) is 13.3. The average Bonchev–Trinajstić information content (AvgIpc) is 2.97. The van der Waals surface area contributed by atoms with Crippen molar-refractivity contribution < 1.29 is 24.1 Å². The molecule has 0 radical (unpaired) electrons. The molecule has 3 rings (SSSR count). The second-order valence-corrected chi connectivity index (χ2v) is 6.31. The van der Waals surface area contributed by atoms with Crippen LogP contribution in [0.25, 0.3) is 0 Å². The topological polar surface area (TPSA) is 57.2 Å². The molecule has 0 amide bonds. The normalized spacial score (nSPS) is 34.5. The fourth-order valence-electron chi connectivity index (χ4n) is 3.00. The van der Waals surface area contributed by atoms with Crippen molar-refractivity contribution in [3.8, 4) is 0 Å². The van der Waals surface area contributed by atoms with Crippen LogP contribution in [0.3, 0.4) is 0 Å². The number of ether oxygens (including phenoxy) is 4. The third-order valence-corrected chi connectivity index (χ3v) is 4.11. The SMILES string of the molecule is CCC(O)C1OC2OC(C)(C)OC2C1OCc1ccccc1. The Morgan fingerprint density at radius 1 is 1.23 bits per heavy atom. The molecule has 122 valence electrons. The van der Waals surface area contributed by atoms with E-state index in [0.717, 1.165) is 5.56 Å². The Hall–Kier alpha value is -0.980. The zero-order valence-corrected chi connectivity index (χ0v) is 13.3. The largest absolute Gasteiger partial charge is 0.390 e. The first-order valence-electron chi connectivity index (χ1n) is 7.85. The molecule has 0 aromatic heterocycles. The summed E-state index contributed by atoms with van der Waals surface area (Å²) in [4.78, 5) is 0. The van der Waals surface area contributed by atoms with Crippen molar-refractivity contribution in [2.75, 3.05) is 0 Å². The molecule has 5 unspecified atom stereocenters. The van der Waals surface area contributed by atoms with E-state index in [4.69, 9.17) is 18.9 Å². The molecule has 22 heavy (non-hydrogen) atoms. The lowest BCUT2D eigenvalue weighted by Gasteiger charge is -2.28. The summed E-state index contributed by atoms with van der Waals surface area (Å²) in [6, 6.07) is 9.94. The Balaban J connectivity index is 1.71. The van der Waals surface area contributed by atoms with Crippen molar-refractivity contribution in [3.05, 3.63) is 35.9 Å². The Morgan fingerprint density at radius 3 is 2.64 bits per heavy atom. The highest BCUT2D eigenvalue weighted by Crippen LogP contribution is 2.40. The van der Waals surface area contributed by atoms with Gasteiger partial charge in [0.1, 0.15) is 18.3 Å². The summed E-state index contributed by atoms with van der Waals surface area (Å²) in [5.74, 6) is -0.689. The van der Waals surface area contributed by atoms with Crippen LogP contribution < -0.4 is 0 Å².